The van der Waals surface area contributed by atoms with Crippen molar-refractivity contribution in [3.05, 3.63) is 60.2 Å². The van der Waals surface area contributed by atoms with E-state index in [1.807, 2.05) is 30.2 Å². The lowest BCUT2D eigenvalue weighted by Gasteiger charge is -2.35. The molecular weight excluding hydrogens is 254 g/mol. The number of hydrogen-bond acceptors (Lipinski definition) is 4. The van der Waals surface area contributed by atoms with Gasteiger partial charge in [0.15, 0.2) is 0 Å². The van der Waals surface area contributed by atoms with E-state index in [1.165, 1.54) is 11.3 Å². The standard InChI is InChI=1S/C15H17N3S/c1-2-5-13(6-3-1)14-12-19-10-9-18(14)11-15-16-7-4-8-17-15/h1-8,14H,9-12H2/t14-/m1/s1. The normalized spacial score (nSPS) is 20.3. The Balaban J connectivity index is 1.78. The van der Waals surface area contributed by atoms with Crippen molar-refractivity contribution in [2.75, 3.05) is 18.1 Å². The summed E-state index contributed by atoms with van der Waals surface area (Å²) in [5.74, 6) is 3.25. The molecule has 3 rings (SSSR count). The molecule has 1 aromatic carbocycles. The summed E-state index contributed by atoms with van der Waals surface area (Å²) in [6.45, 7) is 1.93. The molecule has 2 heterocycles. The number of hydrogen-bond donors (Lipinski definition) is 0. The molecule has 3 nitrogen and oxygen atoms in total. The van der Waals surface area contributed by atoms with Crippen LogP contribution in [0.4, 0.5) is 0 Å². The van der Waals surface area contributed by atoms with Gasteiger partial charge in [0.25, 0.3) is 0 Å². The lowest BCUT2D eigenvalue weighted by Crippen LogP contribution is -2.36. The van der Waals surface area contributed by atoms with Gasteiger partial charge in [0.2, 0.25) is 0 Å². The SMILES string of the molecule is c1ccc([C@H]2CSCCN2Cc2ncccn2)cc1. The van der Waals surface area contributed by atoms with Crippen molar-refractivity contribution in [2.45, 2.75) is 12.6 Å². The van der Waals surface area contributed by atoms with Gasteiger partial charge >= 0.3 is 0 Å². The van der Waals surface area contributed by atoms with E-state index < -0.39 is 0 Å². The molecule has 0 saturated carbocycles. The Morgan fingerprint density at radius 3 is 2.68 bits per heavy atom. The van der Waals surface area contributed by atoms with E-state index >= 15 is 0 Å². The fourth-order valence-corrected chi connectivity index (χ4v) is 3.56. The Kier molecular flexibility index (Phi) is 4.10. The van der Waals surface area contributed by atoms with Gasteiger partial charge < -0.3 is 0 Å². The van der Waals surface area contributed by atoms with Crippen molar-refractivity contribution in [1.82, 2.24) is 14.9 Å². The lowest BCUT2D eigenvalue weighted by molar-refractivity contribution is 0.206. The first-order valence-corrected chi connectivity index (χ1v) is 7.71. The molecule has 1 aromatic heterocycles. The fourth-order valence-electron chi connectivity index (χ4n) is 2.40. The smallest absolute Gasteiger partial charge is 0.142 e. The molecule has 98 valence electrons. The van der Waals surface area contributed by atoms with Crippen LogP contribution < -0.4 is 0 Å². The van der Waals surface area contributed by atoms with E-state index in [4.69, 9.17) is 0 Å². The van der Waals surface area contributed by atoms with Crippen LogP contribution in [-0.2, 0) is 6.54 Å². The van der Waals surface area contributed by atoms with E-state index in [0.29, 0.717) is 6.04 Å². The quantitative estimate of drug-likeness (QED) is 0.858. The Bertz CT molecular complexity index is 503. The molecule has 1 aliphatic rings. The molecule has 1 atom stereocenters. The van der Waals surface area contributed by atoms with Gasteiger partial charge in [-0.3, -0.25) is 4.90 Å². The van der Waals surface area contributed by atoms with E-state index in [9.17, 15) is 0 Å². The van der Waals surface area contributed by atoms with Gasteiger partial charge in [0.1, 0.15) is 5.82 Å². The first-order chi connectivity index (χ1) is 9.43. The predicted molar refractivity (Wildman–Crippen MR) is 79.0 cm³/mol. The van der Waals surface area contributed by atoms with E-state index in [2.05, 4.69) is 45.2 Å². The molecule has 0 spiro atoms. The fraction of sp³-hybridized carbons (Fsp3) is 0.333. The summed E-state index contributed by atoms with van der Waals surface area (Å²) in [5, 5.41) is 0. The molecular formula is C15H17N3S. The monoisotopic (exact) mass is 271 g/mol. The maximum Gasteiger partial charge on any atom is 0.142 e. The van der Waals surface area contributed by atoms with E-state index in [1.54, 1.807) is 0 Å². The molecule has 0 radical (unpaired) electrons. The third-order valence-electron chi connectivity index (χ3n) is 3.39. The van der Waals surface area contributed by atoms with Crippen molar-refractivity contribution in [1.29, 1.82) is 0 Å². The van der Waals surface area contributed by atoms with Gasteiger partial charge in [-0.1, -0.05) is 30.3 Å². The van der Waals surface area contributed by atoms with Crippen molar-refractivity contribution in [3.63, 3.8) is 0 Å². The summed E-state index contributed by atoms with van der Waals surface area (Å²) in [5.41, 5.74) is 1.39. The Labute approximate surface area is 118 Å². The van der Waals surface area contributed by atoms with Crippen molar-refractivity contribution < 1.29 is 0 Å². The van der Waals surface area contributed by atoms with E-state index in [0.717, 1.165) is 24.7 Å². The topological polar surface area (TPSA) is 29.0 Å². The molecule has 0 N–H and O–H groups in total. The number of rotatable bonds is 3. The van der Waals surface area contributed by atoms with Gasteiger partial charge in [0, 0.05) is 36.5 Å². The van der Waals surface area contributed by atoms with Crippen LogP contribution in [0.25, 0.3) is 0 Å². The first kappa shape index (κ1) is 12.6. The van der Waals surface area contributed by atoms with Gasteiger partial charge in [-0.15, -0.1) is 0 Å². The Morgan fingerprint density at radius 1 is 1.11 bits per heavy atom. The van der Waals surface area contributed by atoms with Crippen LogP contribution in [0.3, 0.4) is 0 Å². The average Bonchev–Trinajstić information content (AvgIpc) is 2.50. The van der Waals surface area contributed by atoms with E-state index in [-0.39, 0.29) is 0 Å². The second-order valence-corrected chi connectivity index (χ2v) is 5.79. The summed E-state index contributed by atoms with van der Waals surface area (Å²) >= 11 is 2.03. The molecule has 1 fully saturated rings. The summed E-state index contributed by atoms with van der Waals surface area (Å²) in [6.07, 6.45) is 3.64. The van der Waals surface area contributed by atoms with Crippen molar-refractivity contribution in [2.24, 2.45) is 0 Å². The third kappa shape index (κ3) is 3.14. The minimum absolute atomic E-state index is 0.476. The highest BCUT2D eigenvalue weighted by atomic mass is 32.2. The molecule has 19 heavy (non-hydrogen) atoms. The highest BCUT2D eigenvalue weighted by Crippen LogP contribution is 2.30. The Hall–Kier alpha value is -1.39. The maximum atomic E-state index is 4.34. The third-order valence-corrected chi connectivity index (χ3v) is 4.41. The van der Waals surface area contributed by atoms with Crippen molar-refractivity contribution >= 4 is 11.8 Å². The highest BCUT2D eigenvalue weighted by Gasteiger charge is 2.24. The zero-order valence-corrected chi connectivity index (χ0v) is 11.6. The minimum atomic E-state index is 0.476. The van der Waals surface area contributed by atoms with Crippen LogP contribution in [0, 0.1) is 0 Å². The van der Waals surface area contributed by atoms with Gasteiger partial charge in [0.05, 0.1) is 6.54 Å². The van der Waals surface area contributed by atoms with Crippen LogP contribution >= 0.6 is 11.8 Å². The molecule has 0 bridgehead atoms. The lowest BCUT2D eigenvalue weighted by atomic mass is 10.1. The number of benzene rings is 1. The number of nitrogens with zero attached hydrogens (tertiary/aromatic N) is 3. The van der Waals surface area contributed by atoms with Crippen LogP contribution in [0.15, 0.2) is 48.8 Å². The molecule has 4 heteroatoms. The predicted octanol–water partition coefficient (Wildman–Crippen LogP) is 2.77. The zero-order chi connectivity index (χ0) is 12.9. The molecule has 2 aromatic rings. The van der Waals surface area contributed by atoms with Crippen LogP contribution in [0.1, 0.15) is 17.4 Å². The van der Waals surface area contributed by atoms with Crippen LogP contribution in [0.2, 0.25) is 0 Å². The number of aromatic nitrogens is 2. The van der Waals surface area contributed by atoms with Crippen LogP contribution in [-0.4, -0.2) is 32.9 Å². The van der Waals surface area contributed by atoms with Gasteiger partial charge in [-0.2, -0.15) is 11.8 Å². The van der Waals surface area contributed by atoms with Crippen molar-refractivity contribution in [3.8, 4) is 0 Å². The largest absolute Gasteiger partial charge is 0.287 e. The molecule has 0 unspecified atom stereocenters. The second kappa shape index (κ2) is 6.17. The van der Waals surface area contributed by atoms with Crippen LogP contribution in [0.5, 0.6) is 0 Å². The maximum absolute atomic E-state index is 4.34. The zero-order valence-electron chi connectivity index (χ0n) is 10.8. The average molecular weight is 271 g/mol. The van der Waals surface area contributed by atoms with Gasteiger partial charge in [-0.05, 0) is 11.6 Å². The first-order valence-electron chi connectivity index (χ1n) is 6.56. The molecule has 1 saturated heterocycles. The summed E-state index contributed by atoms with van der Waals surface area (Å²) in [7, 11) is 0. The summed E-state index contributed by atoms with van der Waals surface area (Å²) in [4.78, 5) is 11.2. The minimum Gasteiger partial charge on any atom is -0.287 e. The molecule has 0 aliphatic carbocycles. The summed E-state index contributed by atoms with van der Waals surface area (Å²) in [6, 6.07) is 13.1. The molecule has 0 amide bonds. The second-order valence-electron chi connectivity index (χ2n) is 4.64. The highest BCUT2D eigenvalue weighted by molar-refractivity contribution is 7.99. The summed E-state index contributed by atoms with van der Waals surface area (Å²) < 4.78 is 0. The van der Waals surface area contributed by atoms with Gasteiger partial charge in [-0.25, -0.2) is 9.97 Å². The Morgan fingerprint density at radius 2 is 1.89 bits per heavy atom. The molecule has 1 aliphatic heterocycles. The number of thioether (sulfide) groups is 1.